The van der Waals surface area contributed by atoms with Crippen LogP contribution < -0.4 is 0 Å². The second-order valence-electron chi connectivity index (χ2n) is 8.60. The Morgan fingerprint density at radius 2 is 0.727 bits per heavy atom. The van der Waals surface area contributed by atoms with Crippen molar-refractivity contribution >= 4 is 23.9 Å². The van der Waals surface area contributed by atoms with Crippen molar-refractivity contribution in [3.05, 3.63) is 0 Å². The number of hydrogen-bond acceptors (Lipinski definition) is 12. The van der Waals surface area contributed by atoms with E-state index in [0.717, 1.165) is 0 Å². The molecule has 0 spiro atoms. The number of epoxide rings is 4. The fraction of sp³-hybridized carbons (Fsp3) is 0.810. The van der Waals surface area contributed by atoms with E-state index in [1.807, 2.05) is 0 Å². The lowest BCUT2D eigenvalue weighted by atomic mass is 10.1. The van der Waals surface area contributed by atoms with Gasteiger partial charge in [0.1, 0.15) is 0 Å². The van der Waals surface area contributed by atoms with E-state index in [2.05, 4.69) is 0 Å². The van der Waals surface area contributed by atoms with Crippen molar-refractivity contribution in [1.29, 1.82) is 0 Å². The van der Waals surface area contributed by atoms with Gasteiger partial charge in [-0.05, 0) is 25.7 Å². The smallest absolute Gasteiger partial charge is 0.357 e. The Balaban J connectivity index is 1.66. The van der Waals surface area contributed by atoms with E-state index >= 15 is 0 Å². The lowest BCUT2D eigenvalue weighted by molar-refractivity contribution is -0.436. The van der Waals surface area contributed by atoms with Crippen LogP contribution in [0, 0.1) is 0 Å². The van der Waals surface area contributed by atoms with Crippen LogP contribution in [0.5, 0.6) is 0 Å². The lowest BCUT2D eigenvalue weighted by Gasteiger charge is -2.31. The summed E-state index contributed by atoms with van der Waals surface area (Å²) in [5.74, 6) is -4.09. The number of hydrogen-bond donors (Lipinski definition) is 0. The second-order valence-corrected chi connectivity index (χ2v) is 8.60. The molecule has 4 atom stereocenters. The van der Waals surface area contributed by atoms with E-state index in [1.165, 1.54) is 0 Å². The maximum atomic E-state index is 12.9. The van der Waals surface area contributed by atoms with E-state index in [9.17, 15) is 19.2 Å². The summed E-state index contributed by atoms with van der Waals surface area (Å²) >= 11 is 0. The summed E-state index contributed by atoms with van der Waals surface area (Å²) in [6.07, 6.45) is -2.24. The van der Waals surface area contributed by atoms with Gasteiger partial charge in [-0.25, -0.2) is 19.2 Å². The van der Waals surface area contributed by atoms with Gasteiger partial charge >= 0.3 is 30.0 Å². The highest BCUT2D eigenvalue weighted by atomic mass is 17.0. The lowest BCUT2D eigenvalue weighted by Crippen LogP contribution is -2.54. The predicted molar refractivity (Wildman–Crippen MR) is 103 cm³/mol. The van der Waals surface area contributed by atoms with Gasteiger partial charge in [-0.15, -0.1) is 0 Å². The summed E-state index contributed by atoms with van der Waals surface area (Å²) in [5, 5.41) is 0. The summed E-state index contributed by atoms with van der Waals surface area (Å²) in [4.78, 5) is 51.6. The Kier molecular flexibility index (Phi) is 5.71. The van der Waals surface area contributed by atoms with Crippen molar-refractivity contribution in [2.75, 3.05) is 26.4 Å². The molecule has 4 aliphatic rings. The average Bonchev–Trinajstić information content (AvgIpc) is 3.66. The number of esters is 4. The van der Waals surface area contributed by atoms with Crippen LogP contribution in [0.15, 0.2) is 0 Å². The second kappa shape index (κ2) is 7.90. The van der Waals surface area contributed by atoms with Crippen molar-refractivity contribution in [2.24, 2.45) is 0 Å². The molecule has 0 radical (unpaired) electrons. The summed E-state index contributed by atoms with van der Waals surface area (Å²) in [6.45, 7) is 6.88. The molecule has 0 bridgehead atoms. The Morgan fingerprint density at radius 3 is 0.848 bits per heavy atom. The molecule has 0 aromatic heterocycles. The first-order valence-electron chi connectivity index (χ1n) is 11.1. The van der Waals surface area contributed by atoms with Crippen LogP contribution in [0.1, 0.15) is 53.4 Å². The van der Waals surface area contributed by atoms with Crippen molar-refractivity contribution in [3.8, 4) is 0 Å². The molecule has 12 nitrogen and oxygen atoms in total. The summed E-state index contributed by atoms with van der Waals surface area (Å²) < 4.78 is 42.0. The molecule has 0 aromatic carbocycles. The van der Waals surface area contributed by atoms with Gasteiger partial charge in [-0.1, -0.05) is 27.7 Å². The normalized spacial score (nSPS) is 37.2. The number of carbonyl (C=O) groups excluding carboxylic acids is 4. The molecular formula is C21H28O12. The van der Waals surface area contributed by atoms with E-state index in [1.54, 1.807) is 27.7 Å². The quantitative estimate of drug-likeness (QED) is 0.220. The van der Waals surface area contributed by atoms with E-state index in [0.29, 0.717) is 0 Å². The van der Waals surface area contributed by atoms with E-state index < -0.39 is 52.4 Å². The highest BCUT2D eigenvalue weighted by molar-refractivity contribution is 5.87. The van der Waals surface area contributed by atoms with Crippen LogP contribution in [-0.4, -0.2) is 78.9 Å². The van der Waals surface area contributed by atoms with Gasteiger partial charge in [0.15, 0.2) is 22.4 Å². The minimum absolute atomic E-state index is 0.0419. The van der Waals surface area contributed by atoms with Crippen molar-refractivity contribution < 1.29 is 57.1 Å². The number of ether oxygens (including phenoxy) is 8. The zero-order valence-electron chi connectivity index (χ0n) is 19.1. The maximum Gasteiger partial charge on any atom is 0.620 e. The molecule has 4 aliphatic heterocycles. The molecule has 0 aliphatic carbocycles. The zero-order valence-corrected chi connectivity index (χ0v) is 19.1. The minimum atomic E-state index is -3.15. The summed E-state index contributed by atoms with van der Waals surface area (Å²) in [5.41, 5.74) is -5.31. The SMILES string of the molecule is CCC1(C(=O)OC(OC(=O)C2(CC)CO2)(OC(=O)C2(CC)CO2)OC(=O)C2(CC)CO2)CO1. The molecule has 0 amide bonds. The predicted octanol–water partition coefficient (Wildman–Crippen LogP) is 0.487. The Labute approximate surface area is 190 Å². The van der Waals surface area contributed by atoms with Gasteiger partial charge in [0.05, 0.1) is 26.4 Å². The molecule has 4 saturated heterocycles. The third-order valence-corrected chi connectivity index (χ3v) is 6.61. The van der Waals surface area contributed by atoms with Crippen molar-refractivity contribution in [1.82, 2.24) is 0 Å². The molecule has 184 valence electrons. The van der Waals surface area contributed by atoms with Crippen molar-refractivity contribution in [3.63, 3.8) is 0 Å². The Morgan fingerprint density at radius 1 is 0.545 bits per heavy atom. The van der Waals surface area contributed by atoms with Gasteiger partial charge in [-0.3, -0.25) is 0 Å². The molecule has 12 heteroatoms. The van der Waals surface area contributed by atoms with Crippen LogP contribution in [0.2, 0.25) is 0 Å². The van der Waals surface area contributed by atoms with Crippen LogP contribution in [0.4, 0.5) is 0 Å². The highest BCUT2D eigenvalue weighted by Crippen LogP contribution is 2.41. The van der Waals surface area contributed by atoms with E-state index in [-0.39, 0.29) is 52.1 Å². The number of rotatable bonds is 12. The molecule has 0 saturated carbocycles. The molecule has 4 heterocycles. The van der Waals surface area contributed by atoms with Gasteiger partial charge in [0, 0.05) is 0 Å². The average molecular weight is 472 g/mol. The topological polar surface area (TPSA) is 155 Å². The molecule has 4 unspecified atom stereocenters. The standard InChI is InChI=1S/C21H28O12/c1-5-17(9-26-17)13(22)30-21(31-14(23)18(6-2)10-27-18,32-15(24)19(7-3)11-28-19)33-16(25)20(8-4)12-29-20/h5-12H2,1-4H3. The largest absolute Gasteiger partial charge is 0.620 e. The molecule has 4 fully saturated rings. The Bertz CT molecular complexity index is 706. The van der Waals surface area contributed by atoms with Crippen LogP contribution in [0.25, 0.3) is 0 Å². The highest BCUT2D eigenvalue weighted by Gasteiger charge is 2.66. The Hall–Kier alpha value is -2.28. The molecule has 33 heavy (non-hydrogen) atoms. The summed E-state index contributed by atoms with van der Waals surface area (Å²) in [7, 11) is 0. The first kappa shape index (κ1) is 23.9. The van der Waals surface area contributed by atoms with Gasteiger partial charge < -0.3 is 37.9 Å². The van der Waals surface area contributed by atoms with E-state index in [4.69, 9.17) is 37.9 Å². The van der Waals surface area contributed by atoms with Crippen LogP contribution in [-0.2, 0) is 57.1 Å². The van der Waals surface area contributed by atoms with Gasteiger partial charge in [-0.2, -0.15) is 0 Å². The van der Waals surface area contributed by atoms with Gasteiger partial charge in [0.2, 0.25) is 0 Å². The number of carbonyl (C=O) groups is 4. The summed E-state index contributed by atoms with van der Waals surface area (Å²) in [6, 6.07) is 0. The third kappa shape index (κ3) is 4.20. The fourth-order valence-corrected chi connectivity index (χ4v) is 3.16. The zero-order chi connectivity index (χ0) is 24.1. The van der Waals surface area contributed by atoms with Crippen molar-refractivity contribution in [2.45, 2.75) is 81.9 Å². The first-order chi connectivity index (χ1) is 15.6. The minimum Gasteiger partial charge on any atom is -0.357 e. The maximum absolute atomic E-state index is 12.9. The molecule has 4 rings (SSSR count). The van der Waals surface area contributed by atoms with Crippen LogP contribution >= 0.6 is 0 Å². The molecule has 0 aromatic rings. The van der Waals surface area contributed by atoms with Crippen LogP contribution in [0.3, 0.4) is 0 Å². The molecule has 0 N–H and O–H groups in total. The third-order valence-electron chi connectivity index (χ3n) is 6.61. The van der Waals surface area contributed by atoms with Gasteiger partial charge in [0.25, 0.3) is 0 Å². The monoisotopic (exact) mass is 472 g/mol. The fourth-order valence-electron chi connectivity index (χ4n) is 3.16. The first-order valence-corrected chi connectivity index (χ1v) is 11.1. The molecular weight excluding hydrogens is 444 g/mol.